The number of rotatable bonds is 2. The summed E-state index contributed by atoms with van der Waals surface area (Å²) in [7, 11) is 0. The quantitative estimate of drug-likeness (QED) is 0.882. The van der Waals surface area contributed by atoms with E-state index in [1.165, 1.54) is 16.7 Å². The maximum Gasteiger partial charge on any atom is 0.305 e. The van der Waals surface area contributed by atoms with Crippen LogP contribution in [0.15, 0.2) is 29.3 Å². The number of benzene rings is 1. The Balaban J connectivity index is 2.11. The number of amides is 1. The number of carbonyl (C=O) groups is 2. The van der Waals surface area contributed by atoms with Crippen molar-refractivity contribution in [2.75, 3.05) is 5.75 Å². The van der Waals surface area contributed by atoms with E-state index in [1.807, 2.05) is 24.3 Å². The number of amidine groups is 1. The van der Waals surface area contributed by atoms with Crippen molar-refractivity contribution in [2.24, 2.45) is 4.99 Å². The first-order chi connectivity index (χ1) is 8.66. The average molecular weight is 262 g/mol. The summed E-state index contributed by atoms with van der Waals surface area (Å²) in [5.41, 5.74) is 1.57. The molecule has 1 aromatic carbocycles. The third-order valence-corrected chi connectivity index (χ3v) is 3.93. The van der Waals surface area contributed by atoms with Gasteiger partial charge in [0.15, 0.2) is 5.17 Å². The molecule has 1 N–H and O–H groups in total. The van der Waals surface area contributed by atoms with E-state index < -0.39 is 12.0 Å². The first-order valence-corrected chi connectivity index (χ1v) is 6.49. The number of carbonyl (C=O) groups excluding carboxylic acids is 1. The number of nitrogens with zero attached hydrogens (tertiary/aromatic N) is 2. The van der Waals surface area contributed by atoms with Gasteiger partial charge in [-0.05, 0) is 6.07 Å². The summed E-state index contributed by atoms with van der Waals surface area (Å²) in [6, 6.07) is 6.94. The Morgan fingerprint density at radius 1 is 1.50 bits per heavy atom. The lowest BCUT2D eigenvalue weighted by molar-refractivity contribution is -0.138. The van der Waals surface area contributed by atoms with Crippen molar-refractivity contribution in [3.8, 4) is 0 Å². The van der Waals surface area contributed by atoms with Crippen molar-refractivity contribution in [3.63, 3.8) is 0 Å². The van der Waals surface area contributed by atoms with Crippen LogP contribution < -0.4 is 0 Å². The zero-order valence-corrected chi connectivity index (χ0v) is 10.2. The van der Waals surface area contributed by atoms with E-state index in [2.05, 4.69) is 4.99 Å². The molecular formula is C12H10N2O3S. The van der Waals surface area contributed by atoms with Crippen LogP contribution in [0, 0.1) is 0 Å². The SMILES string of the molecule is O=C(O)CC1c2ccccc2N=C2SCC(=O)N21. The molecule has 1 saturated heterocycles. The zero-order valence-electron chi connectivity index (χ0n) is 9.37. The fourth-order valence-corrected chi connectivity index (χ4v) is 3.17. The highest BCUT2D eigenvalue weighted by molar-refractivity contribution is 8.15. The fraction of sp³-hybridized carbons (Fsp3) is 0.250. The van der Waals surface area contributed by atoms with E-state index in [1.54, 1.807) is 0 Å². The minimum Gasteiger partial charge on any atom is -0.481 e. The molecule has 5 nitrogen and oxygen atoms in total. The Labute approximate surface area is 108 Å². The lowest BCUT2D eigenvalue weighted by atomic mass is 9.99. The van der Waals surface area contributed by atoms with Crippen LogP contribution in [0.4, 0.5) is 5.69 Å². The molecule has 1 amide bonds. The number of hydrogen-bond acceptors (Lipinski definition) is 4. The second kappa shape index (κ2) is 4.13. The molecule has 1 aromatic rings. The average Bonchev–Trinajstić information content (AvgIpc) is 2.70. The maximum atomic E-state index is 11.8. The van der Waals surface area contributed by atoms with E-state index in [4.69, 9.17) is 5.11 Å². The van der Waals surface area contributed by atoms with Gasteiger partial charge in [-0.3, -0.25) is 14.5 Å². The van der Waals surface area contributed by atoms with Crippen molar-refractivity contribution in [1.29, 1.82) is 0 Å². The van der Waals surface area contributed by atoms with Crippen molar-refractivity contribution in [1.82, 2.24) is 4.90 Å². The number of aliphatic carboxylic acids is 1. The Morgan fingerprint density at radius 2 is 2.28 bits per heavy atom. The van der Waals surface area contributed by atoms with Crippen molar-refractivity contribution < 1.29 is 14.7 Å². The van der Waals surface area contributed by atoms with Gasteiger partial charge >= 0.3 is 5.97 Å². The number of fused-ring (bicyclic) bond motifs is 2. The van der Waals surface area contributed by atoms with Gasteiger partial charge in [0.05, 0.1) is 23.9 Å². The van der Waals surface area contributed by atoms with E-state index in [-0.39, 0.29) is 12.3 Å². The second-order valence-corrected chi connectivity index (χ2v) is 5.06. The van der Waals surface area contributed by atoms with E-state index in [0.717, 1.165) is 11.3 Å². The third-order valence-electron chi connectivity index (χ3n) is 2.99. The summed E-state index contributed by atoms with van der Waals surface area (Å²) in [6.07, 6.45) is -0.0949. The van der Waals surface area contributed by atoms with Crippen LogP contribution in [0.3, 0.4) is 0 Å². The van der Waals surface area contributed by atoms with Gasteiger partial charge in [0, 0.05) is 5.56 Å². The van der Waals surface area contributed by atoms with Gasteiger partial charge < -0.3 is 5.11 Å². The Kier molecular flexibility index (Phi) is 2.59. The summed E-state index contributed by atoms with van der Waals surface area (Å²) in [5, 5.41) is 9.63. The summed E-state index contributed by atoms with van der Waals surface area (Å²) >= 11 is 1.36. The number of para-hydroxylation sites is 1. The molecule has 2 heterocycles. The lowest BCUT2D eigenvalue weighted by Gasteiger charge is -2.31. The summed E-state index contributed by atoms with van der Waals surface area (Å²) < 4.78 is 0. The molecule has 3 rings (SSSR count). The molecule has 92 valence electrons. The molecule has 18 heavy (non-hydrogen) atoms. The molecular weight excluding hydrogens is 252 g/mol. The first-order valence-electron chi connectivity index (χ1n) is 5.51. The van der Waals surface area contributed by atoms with E-state index >= 15 is 0 Å². The van der Waals surface area contributed by atoms with Gasteiger partial charge in [0.1, 0.15) is 0 Å². The van der Waals surface area contributed by atoms with Crippen LogP contribution in [0.25, 0.3) is 0 Å². The van der Waals surface area contributed by atoms with Crippen LogP contribution >= 0.6 is 11.8 Å². The molecule has 1 atom stereocenters. The highest BCUT2D eigenvalue weighted by Gasteiger charge is 2.39. The number of carboxylic acid groups (broad SMARTS) is 1. The molecule has 0 spiro atoms. The smallest absolute Gasteiger partial charge is 0.305 e. The molecule has 0 radical (unpaired) electrons. The van der Waals surface area contributed by atoms with Crippen LogP contribution in [0.2, 0.25) is 0 Å². The number of carboxylic acids is 1. The minimum absolute atomic E-state index is 0.0699. The topological polar surface area (TPSA) is 70.0 Å². The predicted octanol–water partition coefficient (Wildman–Crippen LogP) is 1.78. The zero-order chi connectivity index (χ0) is 12.7. The van der Waals surface area contributed by atoms with Gasteiger partial charge in [0.25, 0.3) is 0 Å². The maximum absolute atomic E-state index is 11.8. The van der Waals surface area contributed by atoms with Gasteiger partial charge in [-0.1, -0.05) is 30.0 Å². The third kappa shape index (κ3) is 1.69. The molecule has 0 saturated carbocycles. The minimum atomic E-state index is -0.916. The number of aliphatic imine (C=N–C) groups is 1. The molecule has 1 fully saturated rings. The van der Waals surface area contributed by atoms with Crippen LogP contribution in [0.5, 0.6) is 0 Å². The van der Waals surface area contributed by atoms with Crippen LogP contribution in [-0.2, 0) is 9.59 Å². The van der Waals surface area contributed by atoms with Gasteiger partial charge in [-0.2, -0.15) is 0 Å². The van der Waals surface area contributed by atoms with Crippen LogP contribution in [-0.4, -0.2) is 32.8 Å². The Bertz CT molecular complexity index is 570. The molecule has 1 unspecified atom stereocenters. The molecule has 0 aliphatic carbocycles. The predicted molar refractivity (Wildman–Crippen MR) is 67.8 cm³/mol. The number of thioether (sulfide) groups is 1. The number of hydrogen-bond donors (Lipinski definition) is 1. The molecule has 6 heteroatoms. The standard InChI is InChI=1S/C12H10N2O3S/c15-10-6-18-12-13-8-4-2-1-3-7(8)9(14(10)12)5-11(16)17/h1-4,9H,5-6H2,(H,16,17). The first kappa shape index (κ1) is 11.3. The summed E-state index contributed by atoms with van der Waals surface area (Å²) in [6.45, 7) is 0. The van der Waals surface area contributed by atoms with Gasteiger partial charge in [0.2, 0.25) is 5.91 Å². The molecule has 2 aliphatic heterocycles. The molecule has 2 aliphatic rings. The van der Waals surface area contributed by atoms with Crippen molar-refractivity contribution >= 4 is 34.5 Å². The normalized spacial score (nSPS) is 21.3. The summed E-state index contributed by atoms with van der Waals surface area (Å²) in [4.78, 5) is 28.8. The Morgan fingerprint density at radius 3 is 3.06 bits per heavy atom. The van der Waals surface area contributed by atoms with Crippen LogP contribution in [0.1, 0.15) is 18.0 Å². The van der Waals surface area contributed by atoms with Crippen molar-refractivity contribution in [2.45, 2.75) is 12.5 Å². The highest BCUT2D eigenvalue weighted by Crippen LogP contribution is 2.41. The lowest BCUT2D eigenvalue weighted by Crippen LogP contribution is -2.36. The second-order valence-electron chi connectivity index (χ2n) is 4.12. The van der Waals surface area contributed by atoms with E-state index in [0.29, 0.717) is 10.9 Å². The monoisotopic (exact) mass is 262 g/mol. The highest BCUT2D eigenvalue weighted by atomic mass is 32.2. The van der Waals surface area contributed by atoms with Gasteiger partial charge in [-0.15, -0.1) is 0 Å². The van der Waals surface area contributed by atoms with Crippen molar-refractivity contribution in [3.05, 3.63) is 29.8 Å². The van der Waals surface area contributed by atoms with Gasteiger partial charge in [-0.25, -0.2) is 4.99 Å². The van der Waals surface area contributed by atoms with E-state index in [9.17, 15) is 9.59 Å². The molecule has 0 bridgehead atoms. The molecule has 0 aromatic heterocycles. The Hall–Kier alpha value is -1.82. The largest absolute Gasteiger partial charge is 0.481 e. The fourth-order valence-electron chi connectivity index (χ4n) is 2.25. The summed E-state index contributed by atoms with van der Waals surface area (Å²) in [5.74, 6) is -0.650.